The summed E-state index contributed by atoms with van der Waals surface area (Å²) < 4.78 is 50.0. The number of halogens is 3. The lowest BCUT2D eigenvalue weighted by Gasteiger charge is -2.26. The van der Waals surface area contributed by atoms with Crippen molar-refractivity contribution >= 4 is 16.7 Å². The topological polar surface area (TPSA) is 95.0 Å². The fraction of sp³-hybridized carbons (Fsp3) is 0.593. The number of nitrogens with zero attached hydrogens (tertiary/aromatic N) is 7. The Morgan fingerprint density at radius 3 is 2.37 bits per heavy atom. The summed E-state index contributed by atoms with van der Waals surface area (Å²) in [6, 6.07) is 5.48. The molecular formula is C27H30F3N7O. The van der Waals surface area contributed by atoms with Crippen LogP contribution in [0.25, 0.3) is 11.0 Å². The van der Waals surface area contributed by atoms with Crippen molar-refractivity contribution in [1.82, 2.24) is 25.1 Å². The summed E-state index contributed by atoms with van der Waals surface area (Å²) in [4.78, 5) is 13.5. The van der Waals surface area contributed by atoms with Gasteiger partial charge in [-0.3, -0.25) is 0 Å². The third-order valence-electron chi connectivity index (χ3n) is 8.86. The normalized spacial score (nSPS) is 26.1. The van der Waals surface area contributed by atoms with Gasteiger partial charge in [0.2, 0.25) is 11.8 Å². The Bertz CT molecular complexity index is 1440. The standard InChI is InChI=1S/C27H30F3N7O/c1-4-18-19(5-2)33-22-20(7-6-17(12-31)21(22)32-18)37-14-25(13-26(25,15-37)27(28,29)30)24-35-34-23(38-24)16-8-10-36(3)11-9-16/h6-7,16H,4-5,8-11,13-15H2,1-3H3/t25-,26-/m0/s1. The van der Waals surface area contributed by atoms with Crippen molar-refractivity contribution in [3.05, 3.63) is 40.9 Å². The Hall–Kier alpha value is -3.26. The molecule has 0 N–H and O–H groups in total. The van der Waals surface area contributed by atoms with Crippen LogP contribution in [0.15, 0.2) is 16.5 Å². The van der Waals surface area contributed by atoms with Crippen molar-refractivity contribution in [1.29, 1.82) is 5.26 Å². The average molecular weight is 526 g/mol. The number of hydrogen-bond donors (Lipinski definition) is 0. The van der Waals surface area contributed by atoms with E-state index in [2.05, 4.69) is 21.2 Å². The molecule has 0 unspecified atom stereocenters. The molecule has 2 aliphatic heterocycles. The van der Waals surface area contributed by atoms with E-state index in [0.29, 0.717) is 41.0 Å². The zero-order chi connectivity index (χ0) is 26.9. The Kier molecular flexibility index (Phi) is 5.69. The molecule has 0 spiro atoms. The van der Waals surface area contributed by atoms with Gasteiger partial charge in [-0.05, 0) is 64.4 Å². The molecule has 2 atom stereocenters. The molecule has 2 saturated heterocycles. The number of rotatable bonds is 5. The van der Waals surface area contributed by atoms with Crippen LogP contribution in [0.1, 0.15) is 67.8 Å². The summed E-state index contributed by atoms with van der Waals surface area (Å²) >= 11 is 0. The minimum absolute atomic E-state index is 0.0679. The van der Waals surface area contributed by atoms with Gasteiger partial charge in [0, 0.05) is 19.0 Å². The van der Waals surface area contributed by atoms with E-state index in [1.165, 1.54) is 0 Å². The lowest BCUT2D eigenvalue weighted by molar-refractivity contribution is -0.187. The molecule has 0 bridgehead atoms. The molecule has 1 saturated carbocycles. The van der Waals surface area contributed by atoms with Crippen molar-refractivity contribution in [2.45, 2.75) is 63.5 Å². The summed E-state index contributed by atoms with van der Waals surface area (Å²) in [6.07, 6.45) is -1.53. The molecule has 3 aliphatic rings. The molecule has 3 aromatic rings. The highest BCUT2D eigenvalue weighted by Gasteiger charge is 2.86. The maximum atomic E-state index is 14.7. The second kappa shape index (κ2) is 8.63. The quantitative estimate of drug-likeness (QED) is 0.480. The van der Waals surface area contributed by atoms with Crippen LogP contribution in [0.3, 0.4) is 0 Å². The average Bonchev–Trinajstić information content (AvgIpc) is 3.20. The lowest BCUT2D eigenvalue weighted by atomic mass is 9.95. The summed E-state index contributed by atoms with van der Waals surface area (Å²) in [6.45, 7) is 5.57. The number of piperidine rings is 2. The Morgan fingerprint density at radius 2 is 1.74 bits per heavy atom. The lowest BCUT2D eigenvalue weighted by Crippen LogP contribution is -2.34. The van der Waals surface area contributed by atoms with E-state index in [1.54, 1.807) is 17.0 Å². The van der Waals surface area contributed by atoms with Crippen molar-refractivity contribution < 1.29 is 17.6 Å². The number of aromatic nitrogens is 4. The summed E-state index contributed by atoms with van der Waals surface area (Å²) in [5.74, 6) is 0.592. The van der Waals surface area contributed by atoms with Gasteiger partial charge in [0.1, 0.15) is 22.5 Å². The first-order valence-corrected chi connectivity index (χ1v) is 13.2. The zero-order valence-corrected chi connectivity index (χ0v) is 21.8. The van der Waals surface area contributed by atoms with Gasteiger partial charge in [0.25, 0.3) is 0 Å². The SMILES string of the molecule is CCc1nc2c(C#N)ccc(N3C[C@]4(c5nnc(C6CCN(C)CC6)o5)C[C@]4(C(F)(F)F)C3)c2nc1CC. The Balaban J connectivity index is 1.40. The first-order chi connectivity index (χ1) is 18.2. The van der Waals surface area contributed by atoms with Gasteiger partial charge in [-0.25, -0.2) is 9.97 Å². The van der Waals surface area contributed by atoms with Crippen LogP contribution in [0, 0.1) is 16.7 Å². The first-order valence-electron chi connectivity index (χ1n) is 13.2. The minimum atomic E-state index is -4.44. The van der Waals surface area contributed by atoms with Gasteiger partial charge in [-0.1, -0.05) is 13.8 Å². The monoisotopic (exact) mass is 525 g/mol. The highest BCUT2D eigenvalue weighted by Crippen LogP contribution is 2.75. The van der Waals surface area contributed by atoms with Crippen molar-refractivity contribution in [2.75, 3.05) is 38.1 Å². The number of hydrogen-bond acceptors (Lipinski definition) is 8. The largest absolute Gasteiger partial charge is 0.424 e. The molecule has 38 heavy (non-hydrogen) atoms. The minimum Gasteiger partial charge on any atom is -0.424 e. The molecule has 3 fully saturated rings. The number of aryl methyl sites for hydroxylation is 2. The zero-order valence-electron chi connectivity index (χ0n) is 21.8. The molecule has 6 rings (SSSR count). The predicted octanol–water partition coefficient (Wildman–Crippen LogP) is 4.53. The number of anilines is 1. The van der Waals surface area contributed by atoms with E-state index in [-0.39, 0.29) is 31.3 Å². The molecule has 8 nitrogen and oxygen atoms in total. The van der Waals surface area contributed by atoms with Gasteiger partial charge in [0.05, 0.1) is 28.1 Å². The predicted molar refractivity (Wildman–Crippen MR) is 134 cm³/mol. The highest BCUT2D eigenvalue weighted by molar-refractivity contribution is 5.93. The number of alkyl halides is 3. The van der Waals surface area contributed by atoms with E-state index in [1.807, 2.05) is 20.9 Å². The van der Waals surface area contributed by atoms with E-state index in [0.717, 1.165) is 37.3 Å². The summed E-state index contributed by atoms with van der Waals surface area (Å²) in [5.41, 5.74) is 0.121. The maximum Gasteiger partial charge on any atom is 0.397 e. The number of likely N-dealkylation sites (tertiary alicyclic amines) is 1. The van der Waals surface area contributed by atoms with Crippen LogP contribution in [0.5, 0.6) is 0 Å². The van der Waals surface area contributed by atoms with Gasteiger partial charge in [-0.15, -0.1) is 10.2 Å². The van der Waals surface area contributed by atoms with Crippen molar-refractivity contribution in [3.63, 3.8) is 0 Å². The van der Waals surface area contributed by atoms with Gasteiger partial charge in [-0.2, -0.15) is 18.4 Å². The molecule has 2 aromatic heterocycles. The van der Waals surface area contributed by atoms with E-state index < -0.39 is 17.0 Å². The molecule has 11 heteroatoms. The van der Waals surface area contributed by atoms with Gasteiger partial charge >= 0.3 is 6.18 Å². The molecule has 200 valence electrons. The molecule has 0 amide bonds. The second-order valence-corrected chi connectivity index (χ2v) is 11.0. The van der Waals surface area contributed by atoms with Crippen LogP contribution >= 0.6 is 0 Å². The Labute approximate surface area is 218 Å². The molecule has 4 heterocycles. The molecule has 0 radical (unpaired) electrons. The fourth-order valence-corrected chi connectivity index (χ4v) is 6.52. The fourth-order valence-electron chi connectivity index (χ4n) is 6.52. The number of benzene rings is 1. The Morgan fingerprint density at radius 1 is 1.05 bits per heavy atom. The molecular weight excluding hydrogens is 495 g/mol. The van der Waals surface area contributed by atoms with Crippen LogP contribution in [0.4, 0.5) is 18.9 Å². The third-order valence-corrected chi connectivity index (χ3v) is 8.86. The van der Waals surface area contributed by atoms with Crippen LogP contribution < -0.4 is 4.90 Å². The number of nitriles is 1. The molecule has 1 aromatic carbocycles. The van der Waals surface area contributed by atoms with Crippen LogP contribution in [-0.2, 0) is 18.3 Å². The van der Waals surface area contributed by atoms with Crippen molar-refractivity contribution in [2.24, 2.45) is 5.41 Å². The maximum absolute atomic E-state index is 14.7. The van der Waals surface area contributed by atoms with Gasteiger partial charge in [0.15, 0.2) is 0 Å². The molecule has 1 aliphatic carbocycles. The van der Waals surface area contributed by atoms with Crippen molar-refractivity contribution in [3.8, 4) is 6.07 Å². The van der Waals surface area contributed by atoms with Crippen LogP contribution in [0.2, 0.25) is 0 Å². The second-order valence-electron chi connectivity index (χ2n) is 11.0. The summed E-state index contributed by atoms with van der Waals surface area (Å²) in [5, 5.41) is 18.1. The third kappa shape index (κ3) is 3.52. The van der Waals surface area contributed by atoms with Gasteiger partial charge < -0.3 is 14.2 Å². The number of fused-ring (bicyclic) bond motifs is 2. The smallest absolute Gasteiger partial charge is 0.397 e. The first kappa shape index (κ1) is 25.0. The van der Waals surface area contributed by atoms with E-state index in [9.17, 15) is 18.4 Å². The van der Waals surface area contributed by atoms with Crippen LogP contribution in [-0.4, -0.2) is 64.5 Å². The highest BCUT2D eigenvalue weighted by atomic mass is 19.4. The van der Waals surface area contributed by atoms with E-state index in [4.69, 9.17) is 14.4 Å². The van der Waals surface area contributed by atoms with E-state index >= 15 is 0 Å². The summed E-state index contributed by atoms with van der Waals surface area (Å²) in [7, 11) is 2.05.